The molecular formula is C23H27N3O3. The van der Waals surface area contributed by atoms with Gasteiger partial charge in [0.2, 0.25) is 0 Å². The molecular weight excluding hydrogens is 366 g/mol. The van der Waals surface area contributed by atoms with Crippen molar-refractivity contribution in [1.82, 2.24) is 9.88 Å². The number of carbonyl (C=O) groups excluding carboxylic acids is 1. The highest BCUT2D eigenvalue weighted by Gasteiger charge is 2.29. The lowest BCUT2D eigenvalue weighted by Crippen LogP contribution is -2.38. The number of likely N-dealkylation sites (tertiary alicyclic amines) is 1. The van der Waals surface area contributed by atoms with Crippen molar-refractivity contribution in [2.24, 2.45) is 5.92 Å². The van der Waals surface area contributed by atoms with Crippen LogP contribution in [0.2, 0.25) is 0 Å². The molecule has 0 radical (unpaired) electrons. The van der Waals surface area contributed by atoms with E-state index < -0.39 is 0 Å². The lowest BCUT2D eigenvalue weighted by molar-refractivity contribution is 0.0707. The third kappa shape index (κ3) is 4.19. The quantitative estimate of drug-likeness (QED) is 0.861. The van der Waals surface area contributed by atoms with Gasteiger partial charge >= 0.3 is 0 Å². The minimum absolute atomic E-state index is 0.00621. The van der Waals surface area contributed by atoms with Crippen molar-refractivity contribution in [1.29, 1.82) is 5.26 Å². The maximum Gasteiger partial charge on any atom is 0.255 e. The van der Waals surface area contributed by atoms with Gasteiger partial charge in [0.05, 0.1) is 18.7 Å². The summed E-state index contributed by atoms with van der Waals surface area (Å²) in [5.74, 6) is 0.482. The summed E-state index contributed by atoms with van der Waals surface area (Å²) in [7, 11) is 1.59. The molecule has 29 heavy (non-hydrogen) atoms. The number of nitrogens with zero attached hydrogens (tertiary/aromatic N) is 2. The number of carbonyl (C=O) groups is 1. The highest BCUT2D eigenvalue weighted by Crippen LogP contribution is 2.37. The summed E-state index contributed by atoms with van der Waals surface area (Å²) in [6.07, 6.45) is 2.91. The first-order valence-electron chi connectivity index (χ1n) is 9.85. The van der Waals surface area contributed by atoms with Gasteiger partial charge in [0, 0.05) is 41.9 Å². The van der Waals surface area contributed by atoms with E-state index in [4.69, 9.17) is 10.00 Å². The number of nitrogens with one attached hydrogen (secondary N) is 1. The summed E-state index contributed by atoms with van der Waals surface area (Å²) in [5.41, 5.74) is 1.96. The van der Waals surface area contributed by atoms with Gasteiger partial charge in [-0.3, -0.25) is 9.59 Å². The second-order valence-electron chi connectivity index (χ2n) is 8.46. The van der Waals surface area contributed by atoms with Crippen LogP contribution in [0.15, 0.2) is 35.3 Å². The fourth-order valence-corrected chi connectivity index (χ4v) is 3.75. The number of benzene rings is 1. The van der Waals surface area contributed by atoms with Crippen molar-refractivity contribution >= 4 is 5.91 Å². The normalized spacial score (nSPS) is 15.1. The fraction of sp³-hybridized carbons (Fsp3) is 0.435. The van der Waals surface area contributed by atoms with Crippen molar-refractivity contribution < 1.29 is 9.53 Å². The Morgan fingerprint density at radius 1 is 1.24 bits per heavy atom. The fourth-order valence-electron chi connectivity index (χ4n) is 3.75. The van der Waals surface area contributed by atoms with Crippen LogP contribution >= 0.6 is 0 Å². The second-order valence-corrected chi connectivity index (χ2v) is 8.46. The average Bonchev–Trinajstić information content (AvgIpc) is 2.72. The minimum atomic E-state index is -0.241. The number of piperidine rings is 1. The van der Waals surface area contributed by atoms with Crippen LogP contribution in [-0.4, -0.2) is 36.0 Å². The molecule has 0 saturated carbocycles. The lowest BCUT2D eigenvalue weighted by Gasteiger charge is -2.31. The molecule has 0 aliphatic carbocycles. The molecule has 1 aromatic heterocycles. The van der Waals surface area contributed by atoms with Crippen LogP contribution in [0.3, 0.4) is 0 Å². The Morgan fingerprint density at radius 2 is 1.93 bits per heavy atom. The van der Waals surface area contributed by atoms with Gasteiger partial charge in [-0.05, 0) is 42.5 Å². The molecule has 6 heteroatoms. The van der Waals surface area contributed by atoms with Gasteiger partial charge in [0.15, 0.2) is 0 Å². The second kappa shape index (κ2) is 8.12. The van der Waals surface area contributed by atoms with E-state index in [-0.39, 0.29) is 22.8 Å². The standard InChI is InChI=1S/C23H27N3O3/c1-23(2,3)19-12-17(16-6-5-9-25-21(16)27)18(13-20(19)29-4)22(28)26-10-7-15(14-24)8-11-26/h5-6,9,12-13,15H,7-8,10-11H2,1-4H3,(H,25,27). The molecule has 3 rings (SSSR count). The van der Waals surface area contributed by atoms with Crippen LogP contribution in [-0.2, 0) is 5.41 Å². The van der Waals surface area contributed by atoms with E-state index in [9.17, 15) is 9.59 Å². The van der Waals surface area contributed by atoms with Crippen molar-refractivity contribution in [3.05, 3.63) is 51.9 Å². The van der Waals surface area contributed by atoms with Crippen LogP contribution in [0.25, 0.3) is 11.1 Å². The lowest BCUT2D eigenvalue weighted by atomic mass is 9.83. The molecule has 0 spiro atoms. The molecule has 0 bridgehead atoms. The number of nitriles is 1. The number of amides is 1. The molecule has 2 heterocycles. The first-order valence-corrected chi connectivity index (χ1v) is 9.85. The Labute approximate surface area is 171 Å². The van der Waals surface area contributed by atoms with E-state index >= 15 is 0 Å². The third-order valence-corrected chi connectivity index (χ3v) is 5.45. The number of aromatic nitrogens is 1. The summed E-state index contributed by atoms with van der Waals surface area (Å²) in [4.78, 5) is 30.4. The van der Waals surface area contributed by atoms with E-state index in [1.54, 1.807) is 36.4 Å². The molecule has 1 aliphatic rings. The number of hydrogen-bond donors (Lipinski definition) is 1. The molecule has 0 unspecified atom stereocenters. The monoisotopic (exact) mass is 393 g/mol. The third-order valence-electron chi connectivity index (χ3n) is 5.45. The SMILES string of the molecule is COc1cc(C(=O)N2CCC(C#N)CC2)c(-c2ccc[nH]c2=O)cc1C(C)(C)C. The Balaban J connectivity index is 2.15. The first-order chi connectivity index (χ1) is 13.8. The van der Waals surface area contributed by atoms with Gasteiger partial charge in [-0.25, -0.2) is 0 Å². The molecule has 1 N–H and O–H groups in total. The molecule has 1 fully saturated rings. The van der Waals surface area contributed by atoms with Gasteiger partial charge in [-0.2, -0.15) is 5.26 Å². The molecule has 1 aliphatic heterocycles. The van der Waals surface area contributed by atoms with Gasteiger partial charge in [0.25, 0.3) is 11.5 Å². The number of ether oxygens (including phenoxy) is 1. The summed E-state index contributed by atoms with van der Waals surface area (Å²) < 4.78 is 5.61. The van der Waals surface area contributed by atoms with Gasteiger partial charge in [-0.1, -0.05) is 20.8 Å². The molecule has 1 amide bonds. The van der Waals surface area contributed by atoms with Gasteiger partial charge < -0.3 is 14.6 Å². The van der Waals surface area contributed by atoms with Crippen LogP contribution in [0.1, 0.15) is 49.5 Å². The number of hydrogen-bond acceptors (Lipinski definition) is 4. The van der Waals surface area contributed by atoms with E-state index in [1.165, 1.54) is 0 Å². The average molecular weight is 393 g/mol. The van der Waals surface area contributed by atoms with Crippen LogP contribution in [0, 0.1) is 17.2 Å². The largest absolute Gasteiger partial charge is 0.496 e. The Bertz CT molecular complexity index is 1000. The molecule has 2 aromatic rings. The zero-order valence-electron chi connectivity index (χ0n) is 17.4. The van der Waals surface area contributed by atoms with Gasteiger partial charge in [-0.15, -0.1) is 0 Å². The van der Waals surface area contributed by atoms with Crippen LogP contribution in [0.5, 0.6) is 5.75 Å². The summed E-state index contributed by atoms with van der Waals surface area (Å²) >= 11 is 0. The number of rotatable bonds is 3. The number of methoxy groups -OCH3 is 1. The van der Waals surface area contributed by atoms with Crippen LogP contribution in [0.4, 0.5) is 0 Å². The van der Waals surface area contributed by atoms with E-state index in [0.717, 1.165) is 5.56 Å². The molecule has 6 nitrogen and oxygen atoms in total. The zero-order chi connectivity index (χ0) is 21.2. The molecule has 1 saturated heterocycles. The van der Waals surface area contributed by atoms with E-state index in [1.807, 2.05) is 6.07 Å². The maximum absolute atomic E-state index is 13.4. The predicted molar refractivity (Wildman–Crippen MR) is 112 cm³/mol. The Kier molecular flexibility index (Phi) is 5.78. The van der Waals surface area contributed by atoms with Crippen molar-refractivity contribution in [2.75, 3.05) is 20.2 Å². The van der Waals surface area contributed by atoms with Crippen molar-refractivity contribution in [3.8, 4) is 22.9 Å². The molecule has 1 aromatic carbocycles. The summed E-state index contributed by atoms with van der Waals surface area (Å²) in [6, 6.07) is 9.42. The van der Waals surface area contributed by atoms with Gasteiger partial charge in [0.1, 0.15) is 5.75 Å². The first kappa shape index (κ1) is 20.7. The summed E-state index contributed by atoms with van der Waals surface area (Å²) in [6.45, 7) is 7.27. The van der Waals surface area contributed by atoms with E-state index in [2.05, 4.69) is 31.8 Å². The smallest absolute Gasteiger partial charge is 0.255 e. The maximum atomic E-state index is 13.4. The Hall–Kier alpha value is -3.07. The highest BCUT2D eigenvalue weighted by atomic mass is 16.5. The summed E-state index contributed by atoms with van der Waals surface area (Å²) in [5, 5.41) is 9.12. The predicted octanol–water partition coefficient (Wildman–Crippen LogP) is 3.72. The van der Waals surface area contributed by atoms with E-state index in [0.29, 0.717) is 48.4 Å². The molecule has 0 atom stereocenters. The van der Waals surface area contributed by atoms with Crippen molar-refractivity contribution in [2.45, 2.75) is 39.0 Å². The number of aromatic amines is 1. The number of pyridine rings is 1. The highest BCUT2D eigenvalue weighted by molar-refractivity contribution is 6.01. The minimum Gasteiger partial charge on any atom is -0.496 e. The number of H-pyrrole nitrogens is 1. The topological polar surface area (TPSA) is 86.2 Å². The van der Waals surface area contributed by atoms with Crippen molar-refractivity contribution in [3.63, 3.8) is 0 Å². The zero-order valence-corrected chi connectivity index (χ0v) is 17.4. The van der Waals surface area contributed by atoms with Crippen LogP contribution < -0.4 is 10.3 Å². The molecule has 152 valence electrons. The Morgan fingerprint density at radius 3 is 2.48 bits per heavy atom.